The molecule has 0 bridgehead atoms. The van der Waals surface area contributed by atoms with Crippen molar-refractivity contribution in [1.82, 2.24) is 18.3 Å². The Bertz CT molecular complexity index is 4740. The molecule has 2 aliphatic rings. The van der Waals surface area contributed by atoms with E-state index in [1.807, 2.05) is 0 Å². The summed E-state index contributed by atoms with van der Waals surface area (Å²) < 4.78 is 9.89. The fourth-order valence-corrected chi connectivity index (χ4v) is 14.2. The summed E-state index contributed by atoms with van der Waals surface area (Å²) in [4.78, 5) is 0. The van der Waals surface area contributed by atoms with Crippen LogP contribution in [0.3, 0.4) is 0 Å². The van der Waals surface area contributed by atoms with Crippen LogP contribution in [-0.4, -0.2) is 18.3 Å². The van der Waals surface area contributed by atoms with E-state index in [4.69, 9.17) is 0 Å². The second kappa shape index (κ2) is 16.1. The normalized spacial score (nSPS) is 14.0. The summed E-state index contributed by atoms with van der Waals surface area (Å²) in [6.45, 7) is 0. The van der Waals surface area contributed by atoms with E-state index in [1.165, 1.54) is 121 Å². The summed E-state index contributed by atoms with van der Waals surface area (Å²) >= 11 is 0. The molecule has 0 amide bonds. The Balaban J connectivity index is 0.954. The Morgan fingerprint density at radius 3 is 1.06 bits per heavy atom. The molecule has 0 radical (unpaired) electrons. The number of hydrogen-bond acceptors (Lipinski definition) is 0. The molecule has 0 saturated heterocycles. The van der Waals surface area contributed by atoms with Crippen LogP contribution >= 0.6 is 0 Å². The van der Waals surface area contributed by atoms with Gasteiger partial charge in [0.25, 0.3) is 0 Å². The van der Waals surface area contributed by atoms with Gasteiger partial charge < -0.3 is 18.3 Å². The first-order valence-electron chi connectivity index (χ1n) is 27.0. The molecule has 17 rings (SSSR count). The van der Waals surface area contributed by atoms with Crippen molar-refractivity contribution >= 4 is 87.2 Å². The van der Waals surface area contributed by atoms with Crippen LogP contribution in [0.15, 0.2) is 273 Å². The number of nitrogens with zero attached hydrogens (tertiary/aromatic N) is 4. The van der Waals surface area contributed by atoms with Crippen LogP contribution in [0, 0.1) is 0 Å². The highest BCUT2D eigenvalue weighted by Gasteiger charge is 2.48. The van der Waals surface area contributed by atoms with E-state index in [0.29, 0.717) is 0 Å². The average Bonchev–Trinajstić information content (AvgIpc) is 4.47. The van der Waals surface area contributed by atoms with Gasteiger partial charge in [0.2, 0.25) is 0 Å². The molecule has 4 heteroatoms. The molecule has 4 nitrogen and oxygen atoms in total. The van der Waals surface area contributed by atoms with Crippen molar-refractivity contribution in [3.8, 4) is 33.9 Å². The van der Waals surface area contributed by atoms with Crippen molar-refractivity contribution in [1.29, 1.82) is 0 Å². The summed E-state index contributed by atoms with van der Waals surface area (Å²) in [6.07, 6.45) is 9.01. The lowest BCUT2D eigenvalue weighted by atomic mass is 9.65. The fourth-order valence-electron chi connectivity index (χ4n) is 14.2. The van der Waals surface area contributed by atoms with Crippen LogP contribution in [0.1, 0.15) is 29.5 Å². The maximum atomic E-state index is 2.58. The topological polar surface area (TPSA) is 19.7 Å². The molecule has 0 atom stereocenters. The predicted molar refractivity (Wildman–Crippen MR) is 322 cm³/mol. The van der Waals surface area contributed by atoms with Crippen molar-refractivity contribution in [2.45, 2.75) is 18.3 Å². The number of para-hydroxylation sites is 6. The quantitative estimate of drug-likeness (QED) is 0.158. The smallest absolute Gasteiger partial charge is 0.0678 e. The van der Waals surface area contributed by atoms with Gasteiger partial charge in [0.05, 0.1) is 49.5 Å². The Morgan fingerprint density at radius 1 is 0.286 bits per heavy atom. The van der Waals surface area contributed by atoms with Crippen LogP contribution < -0.4 is 0 Å². The lowest BCUT2D eigenvalue weighted by Gasteiger charge is -2.37. The third-order valence-electron chi connectivity index (χ3n) is 17.3. The Hall–Kier alpha value is -9.90. The molecular weight excluding hydrogens is 933 g/mol. The molecule has 4 aromatic heterocycles. The van der Waals surface area contributed by atoms with E-state index in [0.717, 1.165) is 35.6 Å². The number of rotatable bonds is 6. The molecule has 2 aliphatic carbocycles. The van der Waals surface area contributed by atoms with Crippen molar-refractivity contribution < 1.29 is 0 Å². The largest absolute Gasteiger partial charge is 0.309 e. The van der Waals surface area contributed by atoms with Gasteiger partial charge in [-0.1, -0.05) is 163 Å². The van der Waals surface area contributed by atoms with Crippen LogP contribution in [-0.2, 0) is 5.41 Å². The highest BCUT2D eigenvalue weighted by atomic mass is 15.0. The van der Waals surface area contributed by atoms with Crippen LogP contribution in [0.4, 0.5) is 0 Å². The number of aromatic nitrogens is 4. The third kappa shape index (κ3) is 5.82. The molecule has 4 heterocycles. The van der Waals surface area contributed by atoms with Gasteiger partial charge in [-0.2, -0.15) is 0 Å². The Morgan fingerprint density at radius 2 is 0.649 bits per heavy atom. The molecule has 0 unspecified atom stereocenters. The van der Waals surface area contributed by atoms with E-state index in [2.05, 4.69) is 285 Å². The standard InChI is InChI=1S/C73H48N4/c1-5-21-47(22-6-1)73(48-23-7-2-8-24-48)63-45-71-61(55-31-15-19-35-67(55)76(71)51-37-39-69-59(41-51)53-29-13-17-33-65(53)74(69)49-25-9-3-10-26-49)43-57(63)58-44-62-56-32-16-20-36-68(56)77(72(62)46-64(58)73)52-38-40-70-60(42-52)54-30-14-18-34-66(54)75(70)50-27-11-4-12-28-50/h1-7,9-23,25-46H,8,24H2. The van der Waals surface area contributed by atoms with Crippen molar-refractivity contribution in [3.63, 3.8) is 0 Å². The maximum Gasteiger partial charge on any atom is 0.0678 e. The summed E-state index contributed by atoms with van der Waals surface area (Å²) in [6, 6.07) is 93.1. The zero-order chi connectivity index (χ0) is 50.3. The van der Waals surface area contributed by atoms with E-state index in [1.54, 1.807) is 0 Å². The monoisotopic (exact) mass is 980 g/mol. The van der Waals surface area contributed by atoms with Gasteiger partial charge in [-0.25, -0.2) is 0 Å². The molecule has 15 aromatic rings. The molecule has 0 spiro atoms. The van der Waals surface area contributed by atoms with Crippen molar-refractivity contribution in [3.05, 3.63) is 289 Å². The number of benzene rings is 11. The third-order valence-corrected chi connectivity index (χ3v) is 17.3. The minimum atomic E-state index is -0.582. The zero-order valence-corrected chi connectivity index (χ0v) is 42.1. The van der Waals surface area contributed by atoms with Gasteiger partial charge in [-0.3, -0.25) is 0 Å². The van der Waals surface area contributed by atoms with E-state index in [-0.39, 0.29) is 0 Å². The van der Waals surface area contributed by atoms with Gasteiger partial charge in [0, 0.05) is 65.8 Å². The molecule has 11 aromatic carbocycles. The number of fused-ring (bicyclic) bond motifs is 15. The number of allylic oxidation sites excluding steroid dienone is 4. The summed E-state index contributed by atoms with van der Waals surface area (Å²) in [5.41, 5.74) is 21.6. The molecule has 0 saturated carbocycles. The molecular formula is C73H48N4. The van der Waals surface area contributed by atoms with E-state index >= 15 is 0 Å². The van der Waals surface area contributed by atoms with E-state index in [9.17, 15) is 0 Å². The minimum Gasteiger partial charge on any atom is -0.309 e. The van der Waals surface area contributed by atoms with Crippen LogP contribution in [0.5, 0.6) is 0 Å². The first-order valence-corrected chi connectivity index (χ1v) is 27.0. The van der Waals surface area contributed by atoms with Gasteiger partial charge in [0.15, 0.2) is 0 Å². The van der Waals surface area contributed by atoms with Gasteiger partial charge in [-0.15, -0.1) is 0 Å². The van der Waals surface area contributed by atoms with Gasteiger partial charge in [-0.05, 0) is 150 Å². The number of hydrogen-bond donors (Lipinski definition) is 0. The molecule has 0 aliphatic heterocycles. The second-order valence-corrected chi connectivity index (χ2v) is 21.1. The van der Waals surface area contributed by atoms with Crippen LogP contribution in [0.2, 0.25) is 0 Å². The predicted octanol–water partition coefficient (Wildman–Crippen LogP) is 18.7. The molecule has 77 heavy (non-hydrogen) atoms. The van der Waals surface area contributed by atoms with Gasteiger partial charge >= 0.3 is 0 Å². The average molecular weight is 981 g/mol. The summed E-state index contributed by atoms with van der Waals surface area (Å²) in [5.74, 6) is 0. The Labute approximate surface area is 444 Å². The van der Waals surface area contributed by atoms with Crippen molar-refractivity contribution in [2.24, 2.45) is 0 Å². The maximum absolute atomic E-state index is 2.58. The lowest BCUT2D eigenvalue weighted by molar-refractivity contribution is 0.694. The highest BCUT2D eigenvalue weighted by Crippen LogP contribution is 2.60. The first-order chi connectivity index (χ1) is 38.2. The fraction of sp³-hybridized carbons (Fsp3) is 0.0411. The lowest BCUT2D eigenvalue weighted by Crippen LogP contribution is -2.30. The minimum absolute atomic E-state index is 0.582. The summed E-state index contributed by atoms with van der Waals surface area (Å²) in [7, 11) is 0. The zero-order valence-electron chi connectivity index (χ0n) is 42.1. The van der Waals surface area contributed by atoms with Crippen LogP contribution in [0.25, 0.3) is 121 Å². The Kier molecular flexibility index (Phi) is 8.85. The first kappa shape index (κ1) is 42.5. The van der Waals surface area contributed by atoms with Gasteiger partial charge in [0.1, 0.15) is 0 Å². The summed E-state index contributed by atoms with van der Waals surface area (Å²) in [5, 5.41) is 9.96. The molecule has 0 N–H and O–H groups in total. The SMILES string of the molecule is C1=CCCC(C2(c3ccccc3)c3cc4c(cc3-c3cc5c6ccccc6n(-c6ccc7c(c6)c6ccccc6n7-c6ccccc6)c5cc32)c2ccccc2n4-c2ccc3c(c2)c2ccccc2n3-c2ccccc2)=C1. The molecule has 0 fully saturated rings. The second-order valence-electron chi connectivity index (χ2n) is 21.1. The highest BCUT2D eigenvalue weighted by molar-refractivity contribution is 6.17. The van der Waals surface area contributed by atoms with Crippen molar-refractivity contribution in [2.75, 3.05) is 0 Å². The van der Waals surface area contributed by atoms with E-state index < -0.39 is 5.41 Å². The molecule has 360 valence electrons.